The Balaban J connectivity index is 2.21. The minimum atomic E-state index is -0.574. The first-order valence-electron chi connectivity index (χ1n) is 8.97. The van der Waals surface area contributed by atoms with Crippen molar-refractivity contribution in [2.45, 2.75) is 39.3 Å². The second-order valence-corrected chi connectivity index (χ2v) is 7.71. The van der Waals surface area contributed by atoms with E-state index in [-0.39, 0.29) is 18.2 Å². The fourth-order valence-electron chi connectivity index (χ4n) is 2.67. The summed E-state index contributed by atoms with van der Waals surface area (Å²) in [6, 6.07) is 14.4. The van der Waals surface area contributed by atoms with E-state index in [1.807, 2.05) is 49.4 Å². The molecule has 6 heteroatoms. The SMILES string of the molecule is CCCNC(=O)[C@@H](C)N(Cc1ccc(Br)cc1)C(=O)Cc1ccccc1Cl. The molecule has 0 aliphatic rings. The van der Waals surface area contributed by atoms with Crippen LogP contribution in [0.25, 0.3) is 0 Å². The van der Waals surface area contributed by atoms with E-state index in [2.05, 4.69) is 21.2 Å². The van der Waals surface area contributed by atoms with Gasteiger partial charge in [0.1, 0.15) is 6.04 Å². The first-order valence-corrected chi connectivity index (χ1v) is 10.1. The number of halogens is 2. The molecule has 1 atom stereocenters. The van der Waals surface area contributed by atoms with Crippen molar-refractivity contribution in [1.82, 2.24) is 10.2 Å². The van der Waals surface area contributed by atoms with Gasteiger partial charge in [-0.3, -0.25) is 9.59 Å². The number of nitrogens with zero attached hydrogens (tertiary/aromatic N) is 1. The molecule has 0 heterocycles. The zero-order chi connectivity index (χ0) is 19.8. The Kier molecular flexibility index (Phi) is 8.32. The smallest absolute Gasteiger partial charge is 0.242 e. The van der Waals surface area contributed by atoms with Crippen LogP contribution in [-0.4, -0.2) is 29.3 Å². The van der Waals surface area contributed by atoms with Gasteiger partial charge in [-0.1, -0.05) is 64.8 Å². The quantitative estimate of drug-likeness (QED) is 0.638. The Morgan fingerprint density at radius 1 is 1.15 bits per heavy atom. The topological polar surface area (TPSA) is 49.4 Å². The first-order chi connectivity index (χ1) is 12.9. The van der Waals surface area contributed by atoms with Crippen molar-refractivity contribution >= 4 is 39.3 Å². The number of benzene rings is 2. The van der Waals surface area contributed by atoms with E-state index < -0.39 is 6.04 Å². The van der Waals surface area contributed by atoms with Crippen molar-refractivity contribution < 1.29 is 9.59 Å². The van der Waals surface area contributed by atoms with Gasteiger partial charge in [0.2, 0.25) is 11.8 Å². The largest absolute Gasteiger partial charge is 0.354 e. The summed E-state index contributed by atoms with van der Waals surface area (Å²) < 4.78 is 0.967. The Hall–Kier alpha value is -1.85. The van der Waals surface area contributed by atoms with Crippen LogP contribution in [0.2, 0.25) is 5.02 Å². The van der Waals surface area contributed by atoms with Gasteiger partial charge >= 0.3 is 0 Å². The molecule has 4 nitrogen and oxygen atoms in total. The number of amides is 2. The summed E-state index contributed by atoms with van der Waals surface area (Å²) in [6.45, 7) is 4.70. The lowest BCUT2D eigenvalue weighted by Gasteiger charge is -2.29. The third-order valence-electron chi connectivity index (χ3n) is 4.28. The number of nitrogens with one attached hydrogen (secondary N) is 1. The van der Waals surface area contributed by atoms with Crippen LogP contribution < -0.4 is 5.32 Å². The lowest BCUT2D eigenvalue weighted by molar-refractivity contribution is -0.140. The van der Waals surface area contributed by atoms with E-state index in [1.165, 1.54) is 0 Å². The lowest BCUT2D eigenvalue weighted by Crippen LogP contribution is -2.48. The Bertz CT molecular complexity index is 780. The molecule has 0 saturated carbocycles. The van der Waals surface area contributed by atoms with Crippen molar-refractivity contribution in [1.29, 1.82) is 0 Å². The molecule has 0 aliphatic heterocycles. The van der Waals surface area contributed by atoms with Gasteiger partial charge < -0.3 is 10.2 Å². The summed E-state index contributed by atoms with van der Waals surface area (Å²) in [6.07, 6.45) is 1.00. The summed E-state index contributed by atoms with van der Waals surface area (Å²) in [5.41, 5.74) is 1.71. The molecule has 2 amide bonds. The molecule has 2 aromatic rings. The summed E-state index contributed by atoms with van der Waals surface area (Å²) in [5, 5.41) is 3.42. The molecule has 0 aliphatic carbocycles. The number of hydrogen-bond donors (Lipinski definition) is 1. The molecule has 144 valence electrons. The normalized spacial score (nSPS) is 11.7. The van der Waals surface area contributed by atoms with Gasteiger partial charge in [0, 0.05) is 22.6 Å². The predicted octanol–water partition coefficient (Wildman–Crippen LogP) is 4.59. The molecular weight excluding hydrogens is 428 g/mol. The van der Waals surface area contributed by atoms with Crippen LogP contribution in [0, 0.1) is 0 Å². The summed E-state index contributed by atoms with van der Waals surface area (Å²) in [5.74, 6) is -0.286. The highest BCUT2D eigenvalue weighted by molar-refractivity contribution is 9.10. The maximum Gasteiger partial charge on any atom is 0.242 e. The highest BCUT2D eigenvalue weighted by Gasteiger charge is 2.26. The van der Waals surface area contributed by atoms with Gasteiger partial charge in [-0.2, -0.15) is 0 Å². The van der Waals surface area contributed by atoms with Crippen molar-refractivity contribution in [3.63, 3.8) is 0 Å². The van der Waals surface area contributed by atoms with E-state index in [4.69, 9.17) is 11.6 Å². The molecule has 0 fully saturated rings. The predicted molar refractivity (Wildman–Crippen MR) is 113 cm³/mol. The average molecular weight is 452 g/mol. The second kappa shape index (κ2) is 10.5. The lowest BCUT2D eigenvalue weighted by atomic mass is 10.1. The molecule has 0 bridgehead atoms. The molecule has 0 aromatic heterocycles. The van der Waals surface area contributed by atoms with Crippen LogP contribution in [0.15, 0.2) is 53.0 Å². The molecular formula is C21H24BrClN2O2. The Morgan fingerprint density at radius 2 is 1.81 bits per heavy atom. The second-order valence-electron chi connectivity index (χ2n) is 6.38. The van der Waals surface area contributed by atoms with E-state index >= 15 is 0 Å². The number of carbonyl (C=O) groups is 2. The third kappa shape index (κ3) is 6.36. The minimum Gasteiger partial charge on any atom is -0.354 e. The average Bonchev–Trinajstić information content (AvgIpc) is 2.66. The van der Waals surface area contributed by atoms with Gasteiger partial charge in [-0.15, -0.1) is 0 Å². The van der Waals surface area contributed by atoms with Gasteiger partial charge in [-0.25, -0.2) is 0 Å². The van der Waals surface area contributed by atoms with Crippen LogP contribution in [0.1, 0.15) is 31.4 Å². The van der Waals surface area contributed by atoms with Crippen molar-refractivity contribution in [2.75, 3.05) is 6.54 Å². The van der Waals surface area contributed by atoms with Gasteiger partial charge in [0.15, 0.2) is 0 Å². The van der Waals surface area contributed by atoms with Gasteiger partial charge in [0.05, 0.1) is 6.42 Å². The van der Waals surface area contributed by atoms with Crippen LogP contribution in [0.3, 0.4) is 0 Å². The van der Waals surface area contributed by atoms with Crippen LogP contribution in [0.5, 0.6) is 0 Å². The monoisotopic (exact) mass is 450 g/mol. The maximum absolute atomic E-state index is 13.0. The van der Waals surface area contributed by atoms with Crippen molar-refractivity contribution in [3.8, 4) is 0 Å². The Morgan fingerprint density at radius 3 is 2.44 bits per heavy atom. The summed E-state index contributed by atoms with van der Waals surface area (Å²) in [4.78, 5) is 27.1. The van der Waals surface area contributed by atoms with Crippen LogP contribution in [-0.2, 0) is 22.6 Å². The van der Waals surface area contributed by atoms with E-state index in [9.17, 15) is 9.59 Å². The van der Waals surface area contributed by atoms with Crippen LogP contribution in [0.4, 0.5) is 0 Å². The summed E-state index contributed by atoms with van der Waals surface area (Å²) in [7, 11) is 0. The van der Waals surface area contributed by atoms with E-state index in [0.717, 1.165) is 22.0 Å². The minimum absolute atomic E-state index is 0.134. The standard InChI is InChI=1S/C21H24BrClN2O2/c1-3-12-24-21(27)15(2)25(14-16-8-10-18(22)11-9-16)20(26)13-17-6-4-5-7-19(17)23/h4-11,15H,3,12-14H2,1-2H3,(H,24,27)/t15-/m1/s1. The molecule has 0 unspecified atom stereocenters. The fraction of sp³-hybridized carbons (Fsp3) is 0.333. The molecule has 0 radical (unpaired) electrons. The number of hydrogen-bond acceptors (Lipinski definition) is 2. The molecule has 0 spiro atoms. The highest BCUT2D eigenvalue weighted by Crippen LogP contribution is 2.19. The van der Waals surface area contributed by atoms with Gasteiger partial charge in [-0.05, 0) is 42.7 Å². The molecule has 2 rings (SSSR count). The van der Waals surface area contributed by atoms with E-state index in [1.54, 1.807) is 17.9 Å². The van der Waals surface area contributed by atoms with Crippen molar-refractivity contribution in [2.24, 2.45) is 0 Å². The van der Waals surface area contributed by atoms with E-state index in [0.29, 0.717) is 18.1 Å². The molecule has 1 N–H and O–H groups in total. The molecule has 0 saturated heterocycles. The van der Waals surface area contributed by atoms with Crippen LogP contribution >= 0.6 is 27.5 Å². The number of rotatable bonds is 8. The Labute approximate surface area is 174 Å². The zero-order valence-corrected chi connectivity index (χ0v) is 17.9. The third-order valence-corrected chi connectivity index (χ3v) is 5.18. The number of carbonyl (C=O) groups excluding carboxylic acids is 2. The van der Waals surface area contributed by atoms with Gasteiger partial charge in [0.25, 0.3) is 0 Å². The molecule has 2 aromatic carbocycles. The zero-order valence-electron chi connectivity index (χ0n) is 15.5. The first kappa shape index (κ1) is 21.5. The summed E-state index contributed by atoms with van der Waals surface area (Å²) >= 11 is 9.62. The highest BCUT2D eigenvalue weighted by atomic mass is 79.9. The van der Waals surface area contributed by atoms with Crippen molar-refractivity contribution in [3.05, 3.63) is 69.2 Å². The fourth-order valence-corrected chi connectivity index (χ4v) is 3.14. The maximum atomic E-state index is 13.0. The molecule has 27 heavy (non-hydrogen) atoms.